The Bertz CT molecular complexity index is 940. The van der Waals surface area contributed by atoms with Crippen molar-refractivity contribution in [3.05, 3.63) is 47.0 Å². The molecule has 0 aromatic heterocycles. The van der Waals surface area contributed by atoms with E-state index in [0.717, 1.165) is 47.6 Å². The predicted octanol–water partition coefficient (Wildman–Crippen LogP) is 3.59. The van der Waals surface area contributed by atoms with Crippen molar-refractivity contribution in [3.8, 4) is 0 Å². The van der Waals surface area contributed by atoms with Crippen LogP contribution in [-0.2, 0) is 13.1 Å². The third-order valence-electron chi connectivity index (χ3n) is 6.81. The summed E-state index contributed by atoms with van der Waals surface area (Å²) in [5.41, 5.74) is 2.60. The van der Waals surface area contributed by atoms with Gasteiger partial charge in [0.2, 0.25) is 0 Å². The maximum Gasteiger partial charge on any atom is 0.254 e. The van der Waals surface area contributed by atoms with Crippen molar-refractivity contribution in [3.63, 3.8) is 0 Å². The summed E-state index contributed by atoms with van der Waals surface area (Å²) < 4.78 is 27.3. The molecule has 5 rings (SSSR count). The number of carbonyl (C=O) groups excluding carboxylic acids is 1. The summed E-state index contributed by atoms with van der Waals surface area (Å²) in [5.74, 6) is -0.0360. The third kappa shape index (κ3) is 3.22. The molecule has 4 atom stereocenters. The van der Waals surface area contributed by atoms with Gasteiger partial charge in [-0.15, -0.1) is 0 Å². The summed E-state index contributed by atoms with van der Waals surface area (Å²) in [4.78, 5) is 16.9. The number of hydrogen-bond acceptors (Lipinski definition) is 3. The van der Waals surface area contributed by atoms with E-state index in [1.165, 1.54) is 0 Å². The first-order chi connectivity index (χ1) is 14.0. The Morgan fingerprint density at radius 1 is 1.03 bits per heavy atom. The number of nitrogens with zero attached hydrogens (tertiary/aromatic N) is 2. The third-order valence-corrected chi connectivity index (χ3v) is 6.81. The van der Waals surface area contributed by atoms with Gasteiger partial charge in [0.1, 0.15) is 12.3 Å². The Morgan fingerprint density at radius 3 is 2.45 bits per heavy atom. The lowest BCUT2D eigenvalue weighted by molar-refractivity contribution is 0.0192. The lowest BCUT2D eigenvalue weighted by Crippen LogP contribution is -2.45. The summed E-state index contributed by atoms with van der Waals surface area (Å²) in [6, 6.07) is 9.73. The molecule has 0 bridgehead atoms. The summed E-state index contributed by atoms with van der Waals surface area (Å²) in [6.07, 6.45) is 0.232. The average molecular weight is 400 g/mol. The molecular weight excluding hydrogens is 374 g/mol. The van der Waals surface area contributed by atoms with Gasteiger partial charge in [-0.3, -0.25) is 9.69 Å². The van der Waals surface area contributed by atoms with Crippen molar-refractivity contribution in [2.45, 2.75) is 63.3 Å². The molecule has 0 radical (unpaired) electrons. The van der Waals surface area contributed by atoms with Crippen LogP contribution in [0.3, 0.4) is 0 Å². The molecule has 4 nitrogen and oxygen atoms in total. The van der Waals surface area contributed by atoms with Gasteiger partial charge in [-0.05, 0) is 40.8 Å². The van der Waals surface area contributed by atoms with E-state index in [1.54, 1.807) is 4.90 Å². The van der Waals surface area contributed by atoms with E-state index in [2.05, 4.69) is 0 Å². The van der Waals surface area contributed by atoms with Crippen LogP contribution in [0, 0.1) is 0 Å². The zero-order valence-electron chi connectivity index (χ0n) is 16.4. The van der Waals surface area contributed by atoms with Crippen LogP contribution >= 0.6 is 0 Å². The van der Waals surface area contributed by atoms with Crippen LogP contribution in [0.1, 0.15) is 47.2 Å². The number of aliphatic hydroxyl groups is 1. The number of carbonyl (C=O) groups is 1. The van der Waals surface area contributed by atoms with Crippen molar-refractivity contribution in [2.75, 3.05) is 13.1 Å². The lowest BCUT2D eigenvalue weighted by atomic mass is 9.91. The summed E-state index contributed by atoms with van der Waals surface area (Å²) >= 11 is 0. The monoisotopic (exact) mass is 400 g/mol. The maximum absolute atomic E-state index is 13.7. The Balaban J connectivity index is 1.51. The van der Waals surface area contributed by atoms with Crippen LogP contribution in [0.25, 0.3) is 10.8 Å². The van der Waals surface area contributed by atoms with Crippen LogP contribution in [-0.4, -0.2) is 58.4 Å². The molecule has 154 valence electrons. The van der Waals surface area contributed by atoms with E-state index in [4.69, 9.17) is 0 Å². The van der Waals surface area contributed by atoms with Gasteiger partial charge in [-0.25, -0.2) is 8.78 Å². The second-order valence-electron chi connectivity index (χ2n) is 8.69. The number of hydrogen-bond donors (Lipinski definition) is 1. The fraction of sp³-hybridized carbons (Fsp3) is 0.522. The van der Waals surface area contributed by atoms with Crippen molar-refractivity contribution in [1.29, 1.82) is 0 Å². The molecule has 3 aliphatic rings. The largest absolute Gasteiger partial charge is 0.391 e. The molecule has 6 heteroatoms. The molecule has 2 heterocycles. The van der Waals surface area contributed by atoms with Gasteiger partial charge in [0.15, 0.2) is 0 Å². The molecule has 2 aromatic carbocycles. The average Bonchev–Trinajstić information content (AvgIpc) is 3.21. The second-order valence-corrected chi connectivity index (χ2v) is 8.69. The zero-order chi connectivity index (χ0) is 20.1. The SMILES string of the molecule is O=C1c2cc(CN3C[C@@H](F)[C@H](F)C3)c3ccccc3c2CN1C1CCCCC1O. The Morgan fingerprint density at radius 2 is 1.72 bits per heavy atom. The van der Waals surface area contributed by atoms with Crippen molar-refractivity contribution in [2.24, 2.45) is 0 Å². The first-order valence-electron chi connectivity index (χ1n) is 10.6. The molecule has 1 saturated heterocycles. The highest BCUT2D eigenvalue weighted by Crippen LogP contribution is 2.37. The lowest BCUT2D eigenvalue weighted by Gasteiger charge is -2.35. The van der Waals surface area contributed by atoms with Gasteiger partial charge >= 0.3 is 0 Å². The van der Waals surface area contributed by atoms with Crippen molar-refractivity contribution < 1.29 is 18.7 Å². The maximum atomic E-state index is 13.7. The number of amides is 1. The highest BCUT2D eigenvalue weighted by molar-refractivity contribution is 6.05. The van der Waals surface area contributed by atoms with E-state index in [-0.39, 0.29) is 25.0 Å². The number of halogens is 2. The van der Waals surface area contributed by atoms with Gasteiger partial charge in [0, 0.05) is 31.7 Å². The van der Waals surface area contributed by atoms with Crippen molar-refractivity contribution >= 4 is 16.7 Å². The molecule has 2 fully saturated rings. The second kappa shape index (κ2) is 7.33. The van der Waals surface area contributed by atoms with Crippen LogP contribution in [0.5, 0.6) is 0 Å². The molecular formula is C23H26F2N2O2. The predicted molar refractivity (Wildman–Crippen MR) is 107 cm³/mol. The topological polar surface area (TPSA) is 43.8 Å². The van der Waals surface area contributed by atoms with Crippen LogP contribution in [0.15, 0.2) is 30.3 Å². The fourth-order valence-electron chi connectivity index (χ4n) is 5.29. The number of rotatable bonds is 3. The van der Waals surface area contributed by atoms with E-state index in [9.17, 15) is 18.7 Å². The van der Waals surface area contributed by atoms with E-state index >= 15 is 0 Å². The summed E-state index contributed by atoms with van der Waals surface area (Å²) in [7, 11) is 0. The molecule has 2 unspecified atom stereocenters. The molecule has 2 aromatic rings. The number of likely N-dealkylation sites (tertiary alicyclic amines) is 1. The molecule has 0 spiro atoms. The van der Waals surface area contributed by atoms with Crippen LogP contribution in [0.4, 0.5) is 8.78 Å². The standard InChI is InChI=1S/C23H26F2N2O2/c24-19-12-26(13-20(19)25)10-14-9-17-18(16-6-2-1-5-15(14)16)11-27(23(17)29)21-7-3-4-8-22(21)28/h1-2,5-6,9,19-22,28H,3-4,7-8,10-13H2/t19-,20-,21?,22?/m1/s1. The molecule has 1 saturated carbocycles. The van der Waals surface area contributed by atoms with Gasteiger partial charge in [0.25, 0.3) is 5.91 Å². The van der Waals surface area contributed by atoms with Gasteiger partial charge in [0.05, 0.1) is 12.1 Å². The normalized spacial score (nSPS) is 30.3. The van der Waals surface area contributed by atoms with Crippen LogP contribution in [0.2, 0.25) is 0 Å². The first-order valence-corrected chi connectivity index (χ1v) is 10.6. The Kier molecular flexibility index (Phi) is 4.79. The van der Waals surface area contributed by atoms with Crippen molar-refractivity contribution in [1.82, 2.24) is 9.80 Å². The van der Waals surface area contributed by atoms with Gasteiger partial charge in [-0.1, -0.05) is 37.1 Å². The molecule has 2 aliphatic heterocycles. The highest BCUT2D eigenvalue weighted by Gasteiger charge is 2.39. The summed E-state index contributed by atoms with van der Waals surface area (Å²) in [6.45, 7) is 1.11. The quantitative estimate of drug-likeness (QED) is 0.856. The number of alkyl halides is 2. The minimum atomic E-state index is -1.44. The molecule has 29 heavy (non-hydrogen) atoms. The smallest absolute Gasteiger partial charge is 0.254 e. The van der Waals surface area contributed by atoms with E-state index < -0.39 is 18.4 Å². The zero-order valence-corrected chi connectivity index (χ0v) is 16.4. The van der Waals surface area contributed by atoms with Gasteiger partial charge in [-0.2, -0.15) is 0 Å². The highest BCUT2D eigenvalue weighted by atomic mass is 19.2. The van der Waals surface area contributed by atoms with Crippen LogP contribution < -0.4 is 0 Å². The minimum absolute atomic E-state index is 0.0360. The van der Waals surface area contributed by atoms with E-state index in [0.29, 0.717) is 18.7 Å². The molecule has 1 aliphatic carbocycles. The molecule has 1 amide bonds. The number of benzene rings is 2. The summed E-state index contributed by atoms with van der Waals surface area (Å²) in [5, 5.41) is 12.5. The van der Waals surface area contributed by atoms with E-state index in [1.807, 2.05) is 35.2 Å². The fourth-order valence-corrected chi connectivity index (χ4v) is 5.29. The minimum Gasteiger partial charge on any atom is -0.391 e. The Hall–Kier alpha value is -2.05. The van der Waals surface area contributed by atoms with Gasteiger partial charge < -0.3 is 10.0 Å². The first kappa shape index (κ1) is 18.9. The number of aliphatic hydroxyl groups excluding tert-OH is 1. The Labute approximate surface area is 169 Å². The number of fused-ring (bicyclic) bond motifs is 3. The molecule has 1 N–H and O–H groups in total.